The van der Waals surface area contributed by atoms with Crippen LogP contribution < -0.4 is 0 Å². The van der Waals surface area contributed by atoms with Crippen LogP contribution in [0.5, 0.6) is 0 Å². The molecular weight excluding hydrogens is 589 g/mol. The molecule has 9 aromatic carbocycles. The van der Waals surface area contributed by atoms with Gasteiger partial charge >= 0.3 is 0 Å². The Hall–Kier alpha value is -5.98. The van der Waals surface area contributed by atoms with Crippen LogP contribution in [0.2, 0.25) is 0 Å². The minimum Gasteiger partial charge on any atom is -0.0622 e. The van der Waals surface area contributed by atoms with Gasteiger partial charge in [0.25, 0.3) is 0 Å². The van der Waals surface area contributed by atoms with Crippen molar-refractivity contribution in [3.63, 3.8) is 0 Å². The quantitative estimate of drug-likeness (QED) is 0.172. The Kier molecular flexibility index (Phi) is 6.02. The summed E-state index contributed by atoms with van der Waals surface area (Å²) >= 11 is 0. The largest absolute Gasteiger partial charge is 0.0622 e. The summed E-state index contributed by atoms with van der Waals surface area (Å²) in [5, 5.41) is 10.2. The van der Waals surface area contributed by atoms with Crippen molar-refractivity contribution in [2.75, 3.05) is 0 Å². The molecule has 0 saturated carbocycles. The van der Waals surface area contributed by atoms with E-state index in [1.54, 1.807) is 0 Å². The average molecular weight is 623 g/mol. The van der Waals surface area contributed by atoms with Gasteiger partial charge in [-0.1, -0.05) is 153 Å². The van der Waals surface area contributed by atoms with Crippen LogP contribution in [0.25, 0.3) is 87.6 Å². The molecule has 0 atom stereocenters. The van der Waals surface area contributed by atoms with Gasteiger partial charge in [0.05, 0.1) is 0 Å². The van der Waals surface area contributed by atoms with E-state index in [1.165, 1.54) is 98.7 Å². The number of hydrogen-bond donors (Lipinski definition) is 0. The average Bonchev–Trinajstić information content (AvgIpc) is 3.37. The minimum atomic E-state index is -0.0564. The molecule has 1 aliphatic carbocycles. The molecule has 0 unspecified atom stereocenters. The predicted octanol–water partition coefficient (Wildman–Crippen LogP) is 13.6. The molecule has 9 aromatic rings. The number of hydrogen-bond acceptors (Lipinski definition) is 0. The Morgan fingerprint density at radius 2 is 0.755 bits per heavy atom. The van der Waals surface area contributed by atoms with Crippen molar-refractivity contribution in [2.24, 2.45) is 0 Å². The van der Waals surface area contributed by atoms with Crippen molar-refractivity contribution in [3.05, 3.63) is 181 Å². The second-order valence-corrected chi connectivity index (χ2v) is 14.1. The van der Waals surface area contributed by atoms with Gasteiger partial charge in [-0.15, -0.1) is 0 Å². The van der Waals surface area contributed by atoms with Gasteiger partial charge in [0.15, 0.2) is 0 Å². The second-order valence-electron chi connectivity index (χ2n) is 14.1. The molecule has 0 nitrogen and oxygen atoms in total. The van der Waals surface area contributed by atoms with E-state index in [0.717, 1.165) is 0 Å². The van der Waals surface area contributed by atoms with E-state index in [1.807, 2.05) is 0 Å². The smallest absolute Gasteiger partial charge is 0.0159 e. The topological polar surface area (TPSA) is 0 Å². The fourth-order valence-corrected chi connectivity index (χ4v) is 8.55. The Bertz CT molecular complexity index is 2720. The minimum absolute atomic E-state index is 0.0564. The number of benzene rings is 9. The van der Waals surface area contributed by atoms with E-state index in [9.17, 15) is 0 Å². The Labute approximate surface area is 286 Å². The van der Waals surface area contributed by atoms with Gasteiger partial charge in [0.2, 0.25) is 0 Å². The lowest BCUT2D eigenvalue weighted by Crippen LogP contribution is -2.14. The molecule has 0 heteroatoms. The van der Waals surface area contributed by atoms with Crippen molar-refractivity contribution in [1.29, 1.82) is 0 Å². The van der Waals surface area contributed by atoms with E-state index in [0.29, 0.717) is 0 Å². The molecule has 0 saturated heterocycles. The first-order chi connectivity index (χ1) is 24.0. The first kappa shape index (κ1) is 28.1. The molecule has 0 radical (unpaired) electrons. The summed E-state index contributed by atoms with van der Waals surface area (Å²) in [5.74, 6) is 0. The normalized spacial score (nSPS) is 13.3. The van der Waals surface area contributed by atoms with Gasteiger partial charge in [-0.2, -0.15) is 0 Å². The first-order valence-corrected chi connectivity index (χ1v) is 17.3. The van der Waals surface area contributed by atoms with Gasteiger partial charge in [-0.05, 0) is 129 Å². The summed E-state index contributed by atoms with van der Waals surface area (Å²) in [5.41, 5.74) is 13.1. The Balaban J connectivity index is 1.19. The fraction of sp³-hybridized carbons (Fsp3) is 0.0612. The van der Waals surface area contributed by atoms with Gasteiger partial charge in [-0.25, -0.2) is 0 Å². The highest BCUT2D eigenvalue weighted by Gasteiger charge is 2.36. The molecule has 0 heterocycles. The zero-order valence-corrected chi connectivity index (χ0v) is 27.7. The van der Waals surface area contributed by atoms with Crippen molar-refractivity contribution in [3.8, 4) is 44.5 Å². The SMILES string of the molecule is CC1(C)c2ccc(-c3c4ccccc4c(-c4ccc5cc(-c6ccccc6)ccc5c4)c4ccccc34)cc2-c2cc3ccccc3cc21. The van der Waals surface area contributed by atoms with Crippen LogP contribution in [0.15, 0.2) is 170 Å². The molecule has 0 N–H and O–H groups in total. The standard InChI is InChI=1S/C49H34/c1-49(2)45-25-24-38(29-43(45)44-28-32-14-6-7-15-33(32)30-46(44)49)48-41-18-10-8-16-39(41)47(40-17-9-11-19-42(40)48)37-23-22-35-26-34(20-21-36(35)27-37)31-12-4-3-5-13-31/h3-30H,1-2H3. The van der Waals surface area contributed by atoms with Gasteiger partial charge < -0.3 is 0 Å². The molecule has 0 aliphatic heterocycles. The molecule has 0 spiro atoms. The maximum Gasteiger partial charge on any atom is 0.0159 e. The third kappa shape index (κ3) is 4.24. The Morgan fingerprint density at radius 1 is 0.306 bits per heavy atom. The van der Waals surface area contributed by atoms with E-state index in [-0.39, 0.29) is 5.41 Å². The molecular formula is C49H34. The van der Waals surface area contributed by atoms with Crippen LogP contribution in [0.3, 0.4) is 0 Å². The molecule has 230 valence electrons. The summed E-state index contributed by atoms with van der Waals surface area (Å²) < 4.78 is 0. The van der Waals surface area contributed by atoms with E-state index < -0.39 is 0 Å². The predicted molar refractivity (Wildman–Crippen MR) is 210 cm³/mol. The van der Waals surface area contributed by atoms with Crippen LogP contribution in [-0.4, -0.2) is 0 Å². The van der Waals surface area contributed by atoms with Gasteiger partial charge in [0, 0.05) is 5.41 Å². The lowest BCUT2D eigenvalue weighted by atomic mass is 9.81. The fourth-order valence-electron chi connectivity index (χ4n) is 8.55. The Morgan fingerprint density at radius 3 is 1.39 bits per heavy atom. The maximum atomic E-state index is 2.46. The van der Waals surface area contributed by atoms with Crippen LogP contribution >= 0.6 is 0 Å². The molecule has 0 fully saturated rings. The van der Waals surface area contributed by atoms with Gasteiger partial charge in [-0.3, -0.25) is 0 Å². The molecule has 0 bridgehead atoms. The van der Waals surface area contributed by atoms with Crippen LogP contribution in [-0.2, 0) is 5.41 Å². The maximum absolute atomic E-state index is 2.46. The van der Waals surface area contributed by atoms with E-state index in [2.05, 4.69) is 184 Å². The monoisotopic (exact) mass is 622 g/mol. The van der Waals surface area contributed by atoms with Crippen molar-refractivity contribution < 1.29 is 0 Å². The molecule has 0 amide bonds. The zero-order chi connectivity index (χ0) is 32.7. The van der Waals surface area contributed by atoms with E-state index in [4.69, 9.17) is 0 Å². The summed E-state index contributed by atoms with van der Waals surface area (Å²) in [6.07, 6.45) is 0. The second kappa shape index (κ2) is 10.5. The zero-order valence-electron chi connectivity index (χ0n) is 27.7. The highest BCUT2D eigenvalue weighted by molar-refractivity contribution is 6.22. The van der Waals surface area contributed by atoms with Crippen molar-refractivity contribution in [2.45, 2.75) is 19.3 Å². The lowest BCUT2D eigenvalue weighted by Gasteiger charge is -2.22. The number of fused-ring (bicyclic) bond motifs is 7. The summed E-state index contributed by atoms with van der Waals surface area (Å²) in [6.45, 7) is 4.75. The summed E-state index contributed by atoms with van der Waals surface area (Å²) in [7, 11) is 0. The summed E-state index contributed by atoms with van der Waals surface area (Å²) in [4.78, 5) is 0. The van der Waals surface area contributed by atoms with E-state index >= 15 is 0 Å². The molecule has 49 heavy (non-hydrogen) atoms. The molecule has 10 rings (SSSR count). The van der Waals surface area contributed by atoms with Crippen LogP contribution in [0.4, 0.5) is 0 Å². The van der Waals surface area contributed by atoms with Crippen LogP contribution in [0.1, 0.15) is 25.0 Å². The van der Waals surface area contributed by atoms with Crippen LogP contribution in [0, 0.1) is 0 Å². The first-order valence-electron chi connectivity index (χ1n) is 17.3. The highest BCUT2D eigenvalue weighted by atomic mass is 14.4. The summed E-state index contributed by atoms with van der Waals surface area (Å²) in [6, 6.07) is 63.2. The van der Waals surface area contributed by atoms with Crippen molar-refractivity contribution in [1.82, 2.24) is 0 Å². The highest BCUT2D eigenvalue weighted by Crippen LogP contribution is 2.52. The molecule has 0 aromatic heterocycles. The lowest BCUT2D eigenvalue weighted by molar-refractivity contribution is 0.661. The third-order valence-corrected chi connectivity index (χ3v) is 11.0. The third-order valence-electron chi connectivity index (χ3n) is 11.0. The molecule has 1 aliphatic rings. The number of rotatable bonds is 3. The van der Waals surface area contributed by atoms with Crippen molar-refractivity contribution >= 4 is 43.1 Å². The van der Waals surface area contributed by atoms with Gasteiger partial charge in [0.1, 0.15) is 0 Å².